The Bertz CT molecular complexity index is 1080. The summed E-state index contributed by atoms with van der Waals surface area (Å²) in [4.78, 5) is 40.6. The van der Waals surface area contributed by atoms with Crippen molar-refractivity contribution in [3.05, 3.63) is 29.3 Å². The zero-order valence-corrected chi connectivity index (χ0v) is 25.0. The molecule has 40 heavy (non-hydrogen) atoms. The number of imide groups is 1. The number of ether oxygens (including phenoxy) is 3. The van der Waals surface area contributed by atoms with Crippen molar-refractivity contribution < 1.29 is 33.2 Å². The molecule has 0 aliphatic carbocycles. The number of likely N-dealkylation sites (N-methyl/N-ethyl adjacent to an activating group) is 1. The Hall–Kier alpha value is -3.34. The first-order valence-corrected chi connectivity index (χ1v) is 14.0. The van der Waals surface area contributed by atoms with Crippen LogP contribution in [-0.4, -0.2) is 89.5 Å². The van der Waals surface area contributed by atoms with E-state index in [1.807, 2.05) is 12.1 Å². The van der Waals surface area contributed by atoms with Crippen LogP contribution in [-0.2, 0) is 27.2 Å². The van der Waals surface area contributed by atoms with E-state index in [0.717, 1.165) is 42.1 Å². The summed E-state index contributed by atoms with van der Waals surface area (Å²) in [6, 6.07) is 6.04. The van der Waals surface area contributed by atoms with Crippen molar-refractivity contribution in [2.24, 2.45) is 11.7 Å². The maximum Gasteiger partial charge on any atom is 0.489 e. The molecule has 0 unspecified atom stereocenters. The van der Waals surface area contributed by atoms with Gasteiger partial charge in [-0.2, -0.15) is 0 Å². The Labute approximate surface area is 237 Å². The van der Waals surface area contributed by atoms with Gasteiger partial charge in [-0.1, -0.05) is 11.0 Å². The molecule has 1 aromatic rings. The van der Waals surface area contributed by atoms with Crippen molar-refractivity contribution in [3.63, 3.8) is 0 Å². The molecule has 2 aliphatic heterocycles. The lowest BCUT2D eigenvalue weighted by molar-refractivity contribution is -0.552. The molecule has 0 radical (unpaired) electrons. The van der Waals surface area contributed by atoms with E-state index in [1.165, 1.54) is 5.56 Å². The summed E-state index contributed by atoms with van der Waals surface area (Å²) in [6.45, 7) is 14.1. The van der Waals surface area contributed by atoms with Gasteiger partial charge in [0.1, 0.15) is 17.0 Å². The number of amides is 3. The molecule has 222 valence electrons. The predicted molar refractivity (Wildman–Crippen MR) is 151 cm³/mol. The molecule has 11 nitrogen and oxygen atoms in total. The smallest absolute Gasteiger partial charge is 0.489 e. The molecule has 11 heteroatoms. The molecule has 3 amide bonds. The summed E-state index contributed by atoms with van der Waals surface area (Å²) < 4.78 is 18.9. The average molecular weight is 561 g/mol. The topological polar surface area (TPSA) is 126 Å². The van der Waals surface area contributed by atoms with Crippen LogP contribution in [0.4, 0.5) is 9.59 Å². The normalized spacial score (nSPS) is 17.9. The number of hydrogen-bond donors (Lipinski definition) is 2. The van der Waals surface area contributed by atoms with Crippen LogP contribution in [0, 0.1) is 5.92 Å². The van der Waals surface area contributed by atoms with E-state index in [4.69, 9.17) is 19.9 Å². The average Bonchev–Trinajstić information content (AvgIpc) is 2.85. The third-order valence-corrected chi connectivity index (χ3v) is 6.73. The van der Waals surface area contributed by atoms with Crippen LogP contribution in [0.1, 0.15) is 65.5 Å². The summed E-state index contributed by atoms with van der Waals surface area (Å²) in [5, 5.41) is 2.67. The van der Waals surface area contributed by atoms with E-state index in [2.05, 4.69) is 16.3 Å². The van der Waals surface area contributed by atoms with Crippen molar-refractivity contribution in [2.75, 3.05) is 39.8 Å². The molecule has 0 saturated carbocycles. The Morgan fingerprint density at radius 2 is 1.62 bits per heavy atom. The monoisotopic (exact) mass is 560 g/mol. The first-order chi connectivity index (χ1) is 18.6. The number of benzene rings is 1. The van der Waals surface area contributed by atoms with Crippen molar-refractivity contribution in [1.82, 2.24) is 15.1 Å². The van der Waals surface area contributed by atoms with Gasteiger partial charge in [0.25, 0.3) is 0 Å². The van der Waals surface area contributed by atoms with E-state index in [1.54, 1.807) is 53.2 Å². The number of nitrogens with one attached hydrogen (secondary N) is 1. The van der Waals surface area contributed by atoms with Gasteiger partial charge in [0.2, 0.25) is 5.91 Å². The highest BCUT2D eigenvalue weighted by Crippen LogP contribution is 2.25. The fourth-order valence-corrected chi connectivity index (χ4v) is 4.64. The number of hydrogen-bond acceptors (Lipinski definition) is 7. The first kappa shape index (κ1) is 31.2. The molecular formula is C29H46N5O6+. The summed E-state index contributed by atoms with van der Waals surface area (Å²) in [7, 11) is 1.66. The minimum atomic E-state index is -0.886. The first-order valence-electron chi connectivity index (χ1n) is 14.0. The number of likely N-dealkylation sites (tertiary alicyclic amines) is 1. The second-order valence-electron chi connectivity index (χ2n) is 12.5. The zero-order chi connectivity index (χ0) is 29.7. The number of nitrogens with zero attached hydrogens (tertiary/aromatic N) is 3. The van der Waals surface area contributed by atoms with E-state index in [9.17, 15) is 14.4 Å². The third-order valence-electron chi connectivity index (χ3n) is 6.73. The molecule has 1 fully saturated rings. The van der Waals surface area contributed by atoms with Gasteiger partial charge < -0.3 is 19.5 Å². The molecule has 3 N–H and O–H groups in total. The van der Waals surface area contributed by atoms with Crippen molar-refractivity contribution in [3.8, 4) is 5.75 Å². The Morgan fingerprint density at radius 1 is 1.02 bits per heavy atom. The molecule has 2 heterocycles. The number of nitrogens with two attached hydrogens (primary N) is 1. The van der Waals surface area contributed by atoms with Gasteiger partial charge in [-0.05, 0) is 96.7 Å². The maximum absolute atomic E-state index is 13.0. The van der Waals surface area contributed by atoms with Gasteiger partial charge in [0, 0.05) is 13.5 Å². The van der Waals surface area contributed by atoms with Crippen LogP contribution in [0.5, 0.6) is 5.75 Å². The number of rotatable bonds is 5. The lowest BCUT2D eigenvalue weighted by Crippen LogP contribution is -2.54. The van der Waals surface area contributed by atoms with Gasteiger partial charge in [-0.3, -0.25) is 20.0 Å². The Kier molecular flexibility index (Phi) is 10.0. The number of piperidine rings is 1. The van der Waals surface area contributed by atoms with Crippen LogP contribution in [0.15, 0.2) is 18.2 Å². The highest BCUT2D eigenvalue weighted by molar-refractivity contribution is 6.05. The number of guanidine groups is 1. The van der Waals surface area contributed by atoms with Gasteiger partial charge in [0.05, 0.1) is 26.2 Å². The molecule has 0 aromatic heterocycles. The molecule has 2 aliphatic rings. The molecule has 0 bridgehead atoms. The van der Waals surface area contributed by atoms with Gasteiger partial charge in [-0.25, -0.2) is 9.59 Å². The van der Waals surface area contributed by atoms with Gasteiger partial charge in [-0.15, -0.1) is 0 Å². The van der Waals surface area contributed by atoms with Crippen molar-refractivity contribution in [1.29, 1.82) is 0 Å². The minimum Gasteiger partial charge on any atom is -0.493 e. The van der Waals surface area contributed by atoms with Crippen molar-refractivity contribution >= 4 is 24.1 Å². The fraction of sp³-hybridized carbons (Fsp3) is 0.655. The van der Waals surface area contributed by atoms with E-state index >= 15 is 0 Å². The van der Waals surface area contributed by atoms with Crippen LogP contribution in [0.3, 0.4) is 0 Å². The fourth-order valence-electron chi connectivity index (χ4n) is 4.64. The second-order valence-corrected chi connectivity index (χ2v) is 12.5. The summed E-state index contributed by atoms with van der Waals surface area (Å²) in [6.07, 6.45) is 0.877. The predicted octanol–water partition coefficient (Wildman–Crippen LogP) is 3.08. The highest BCUT2D eigenvalue weighted by Gasteiger charge is 2.41. The number of carbonyl (C=O) groups is 3. The van der Waals surface area contributed by atoms with E-state index in [-0.39, 0.29) is 11.9 Å². The number of carbonyl (C=O) groups excluding carboxylic acids is 3. The Balaban J connectivity index is 1.70. The lowest BCUT2D eigenvalue weighted by atomic mass is 9.97. The summed E-state index contributed by atoms with van der Waals surface area (Å²) in [5.41, 5.74) is 6.98. The van der Waals surface area contributed by atoms with Crippen molar-refractivity contribution in [2.45, 2.75) is 78.6 Å². The standard InChI is InChI=1S/C29H45N5O6/c1-28(2,3)39-26(36)34(27(37)40-29(4,5)6)25(30)33-15-12-21-8-9-23(16-22(21)17-33)38-19-20-10-13-32(14-11-20)18-24(35)31-7/h8-9,16,20,30H,10-15,17-19H2,1-7H3,(H,31,35)/p+1. The van der Waals surface area contributed by atoms with Gasteiger partial charge in [0.15, 0.2) is 0 Å². The minimum absolute atomic E-state index is 0.0380. The van der Waals surface area contributed by atoms with Crippen LogP contribution in [0.2, 0.25) is 0 Å². The van der Waals surface area contributed by atoms with E-state index < -0.39 is 23.4 Å². The van der Waals surface area contributed by atoms with Gasteiger partial charge >= 0.3 is 18.1 Å². The molecule has 0 spiro atoms. The quantitative estimate of drug-likeness (QED) is 0.416. The molecule has 1 saturated heterocycles. The summed E-state index contributed by atoms with van der Waals surface area (Å²) >= 11 is 0. The van der Waals surface area contributed by atoms with Crippen LogP contribution in [0.25, 0.3) is 0 Å². The molecule has 1 aromatic carbocycles. The third kappa shape index (κ3) is 9.11. The maximum atomic E-state index is 13.0. The highest BCUT2D eigenvalue weighted by atomic mass is 16.6. The van der Waals surface area contributed by atoms with Crippen LogP contribution < -0.4 is 15.8 Å². The largest absolute Gasteiger partial charge is 0.493 e. The lowest BCUT2D eigenvalue weighted by Gasteiger charge is -2.31. The Morgan fingerprint density at radius 3 is 2.17 bits per heavy atom. The number of fused-ring (bicyclic) bond motifs is 1. The molecular weight excluding hydrogens is 514 g/mol. The SMILES string of the molecule is CNC(=O)CN1CCC(COc2ccc3c(c2)C[N+](=C(N)N(C(=O)OC(C)(C)C)C(=O)OC(C)(C)C)CC3)CC1. The van der Waals surface area contributed by atoms with E-state index in [0.29, 0.717) is 38.6 Å². The molecule has 3 rings (SSSR count). The summed E-state index contributed by atoms with van der Waals surface area (Å²) in [5.74, 6) is 1.19. The van der Waals surface area contributed by atoms with Crippen LogP contribution >= 0.6 is 0 Å². The molecule has 0 atom stereocenters. The zero-order valence-electron chi connectivity index (χ0n) is 25.0. The second kappa shape index (κ2) is 12.9.